The number of rotatable bonds is 14. The number of piperidine rings is 5. The number of hydrogen-bond donors (Lipinski definition) is 9. The van der Waals surface area contributed by atoms with Crippen molar-refractivity contribution in [2.45, 2.75) is 128 Å². The van der Waals surface area contributed by atoms with Crippen LogP contribution in [0.15, 0.2) is 84.9 Å². The van der Waals surface area contributed by atoms with Crippen LogP contribution in [0.5, 0.6) is 11.5 Å². The average molecular weight is 2480 g/mol. The first kappa shape index (κ1) is 117. The van der Waals surface area contributed by atoms with Gasteiger partial charge in [-0.2, -0.15) is 0 Å². The number of carbonyl (C=O) groups excluding carboxylic acids is 15. The maximum atomic E-state index is 13.1. The normalized spacial score (nSPS) is 16.4. The van der Waals surface area contributed by atoms with Gasteiger partial charge in [-0.15, -0.1) is 143 Å². The van der Waals surface area contributed by atoms with E-state index in [1.54, 1.807) is 61.5 Å². The molecule has 39 heteroatoms. The predicted octanol–water partition coefficient (Wildman–Crippen LogP) is 5.65. The van der Waals surface area contributed by atoms with Crippen molar-refractivity contribution >= 4 is 88.6 Å². The third-order valence-electron chi connectivity index (χ3n) is 14.3. The van der Waals surface area contributed by atoms with Crippen LogP contribution in [0.25, 0.3) is 26.6 Å². The minimum Gasteiger partial charge on any atom is -0.684 e. The van der Waals surface area contributed by atoms with Crippen molar-refractivity contribution in [3.05, 3.63) is 192 Å². The van der Waals surface area contributed by atoms with E-state index in [9.17, 15) is 80.7 Å². The van der Waals surface area contributed by atoms with Crippen LogP contribution in [0.4, 0.5) is 8.78 Å². The minimum atomic E-state index is -0.957. The zero-order chi connectivity index (χ0) is 84.6. The molecule has 15 amide bonds. The SMILES string of the molecule is CC(C)c1[c-]c(C(=O)[N-]C2CCC(=O)NC2=O)ccc1.CCOc1[c-]c(C(=O)[N-]C2CCC(=O)NC2=O)ccc1.CN1C(=O)CCC([N-]C(=O)c2[c-]cccc2)C1=O.CNC.CNC.CNC.CNC.CNC.COc1ccc(F)[c-]c1C(=O)[N-][C@@H]1CCC(=O)NC1=O.Cc1cc(F)[c-]c(C(=O)[N-]C2CCC(=O)NC2=O)c1.[W+2].[W+2].[W+2].[W+2].[W+2]. The van der Waals surface area contributed by atoms with E-state index in [0.29, 0.717) is 35.5 Å². The Labute approximate surface area is 754 Å². The maximum absolute atomic E-state index is 13.1. The van der Waals surface area contributed by atoms with Crippen molar-refractivity contribution in [2.24, 2.45) is 0 Å². The molecule has 0 saturated carbocycles. The van der Waals surface area contributed by atoms with E-state index in [2.05, 4.69) is 105 Å². The summed E-state index contributed by atoms with van der Waals surface area (Å²) in [5.41, 5.74) is 2.19. The topological polar surface area (TPSA) is 457 Å². The van der Waals surface area contributed by atoms with Crippen molar-refractivity contribution in [3.63, 3.8) is 0 Å². The molecule has 0 bridgehead atoms. The molecule has 5 saturated heterocycles. The standard InChI is InChI=1S/C15H17N2O3.C14H15N2O4.C13H12FN2O4.C13H12FN2O3.C13H13N2O3.5C2H7N.5W/c1-9(2)10-4-3-5-11(8-10)14(19)16-12-6-7-13(18)17-15(12)20;1-2-20-10-5-3-4-9(8-10)13(18)15-11-6-7-12(17)16-14(11)19;1-20-10-4-2-7(14)6-8(10)12(18)15-9-3-5-11(17)16-13(9)19;1-7-4-8(6-9(14)5-7)12(18)15-10-2-3-11(17)16-13(10)19;1-15-11(16)8-7-10(13(15)18)14-12(17)9-5-3-2-4-6-9;5*1-3-2;;;;;/h3-5,9,12H,6-7H2,1-2H3,(H2,16,17,18,19,20);3-5,11H,2,6-7H2,1H3,(H2,15,16,17,18,19);2,4,9H,3,5H2,1H3,(H2,15,16,17,18,19);4-5,10H,2-3H2,1H3,(H2,15,16,17,18,19);2-5,10H,7-8H2,1H3,(H,14,17);5*3H,1-2H3;;;;;/q5*-1;;;;;;5*+2/p-5/t;;9-;;;;;;;;;;;;/m..1............/s1. The van der Waals surface area contributed by atoms with Crippen LogP contribution in [0, 0.1) is 48.9 Å². The molecule has 5 heterocycles. The summed E-state index contributed by atoms with van der Waals surface area (Å²) in [5, 5.41) is 41.3. The first-order valence-corrected chi connectivity index (χ1v) is 35.1. The molecular weight excluding hydrogens is 2380 g/mol. The minimum absolute atomic E-state index is 0. The van der Waals surface area contributed by atoms with Crippen LogP contribution in [0.3, 0.4) is 0 Å². The Morgan fingerprint density at radius 1 is 0.470 bits per heavy atom. The molecule has 5 aliphatic rings. The van der Waals surface area contributed by atoms with Gasteiger partial charge in [0.1, 0.15) is 0 Å². The summed E-state index contributed by atoms with van der Waals surface area (Å²) in [5.74, 6) is -7.90. The fourth-order valence-electron chi connectivity index (χ4n) is 9.15. The number of nitrogens with zero attached hydrogens (tertiary/aromatic N) is 6. The van der Waals surface area contributed by atoms with Gasteiger partial charge in [-0.3, -0.25) is 74.1 Å². The molecule has 5 aliphatic heterocycles. The summed E-state index contributed by atoms with van der Waals surface area (Å²) < 4.78 is 36.4. The molecule has 10 rings (SSSR count). The number of imide groups is 5. The van der Waals surface area contributed by atoms with Crippen LogP contribution < -0.4 is 57.3 Å². The molecule has 9 N–H and O–H groups in total. The number of methoxy groups -OCH3 is 1. The first-order valence-electron chi connectivity index (χ1n) is 35.1. The van der Waals surface area contributed by atoms with Gasteiger partial charge in [0.15, 0.2) is 0 Å². The second kappa shape index (κ2) is 65.7. The van der Waals surface area contributed by atoms with Crippen molar-refractivity contribution in [2.75, 3.05) is 91.2 Å². The largest absolute Gasteiger partial charge is 2.00 e. The van der Waals surface area contributed by atoms with Crippen molar-refractivity contribution in [1.82, 2.24) is 52.8 Å². The van der Waals surface area contributed by atoms with E-state index >= 15 is 0 Å². The van der Waals surface area contributed by atoms with Gasteiger partial charge in [-0.05, 0) is 175 Å². The van der Waals surface area contributed by atoms with E-state index in [1.165, 1.54) is 32.4 Å². The molecule has 32 nitrogen and oxygen atoms in total. The summed E-state index contributed by atoms with van der Waals surface area (Å²) in [4.78, 5) is 174. The number of hydrogen-bond acceptors (Lipinski definition) is 22. The van der Waals surface area contributed by atoms with Gasteiger partial charge in [0, 0.05) is 62.3 Å². The molecular formula is C78H99F2N15O17W5. The fourth-order valence-corrected chi connectivity index (χ4v) is 9.15. The molecule has 5 aromatic rings. The number of nitrogens with one attached hydrogen (secondary N) is 9. The molecule has 0 aliphatic carbocycles. The summed E-state index contributed by atoms with van der Waals surface area (Å²) >= 11 is 0. The van der Waals surface area contributed by atoms with Crippen LogP contribution in [-0.2, 0) is 153 Å². The zero-order valence-electron chi connectivity index (χ0n) is 67.7. The quantitative estimate of drug-likeness (QED) is 0.0478. The Hall–Kier alpha value is -8.15. The van der Waals surface area contributed by atoms with E-state index in [1.807, 2.05) is 97.3 Å². The number of amides is 15. The molecule has 5 aromatic carbocycles. The molecule has 0 aromatic heterocycles. The smallest absolute Gasteiger partial charge is 0.684 e. The Morgan fingerprint density at radius 2 is 0.846 bits per heavy atom. The second-order valence-corrected chi connectivity index (χ2v) is 24.4. The number of likely N-dealkylation sites (N-methyl/N-ethyl adjacent to an activating group) is 1. The first-order chi connectivity index (χ1) is 53.2. The Morgan fingerprint density at radius 3 is 1.23 bits per heavy atom. The van der Waals surface area contributed by atoms with E-state index in [-0.39, 0.29) is 215 Å². The predicted molar refractivity (Wildman–Crippen MR) is 412 cm³/mol. The third kappa shape index (κ3) is 45.6. The number of likely N-dealkylation sites (tertiary alicyclic amines) is 1. The molecule has 5 atom stereocenters. The van der Waals surface area contributed by atoms with Gasteiger partial charge in [0.25, 0.3) is 0 Å². The molecule has 5 fully saturated rings. The summed E-state index contributed by atoms with van der Waals surface area (Å²) in [6, 6.07) is 30.7. The van der Waals surface area contributed by atoms with Crippen molar-refractivity contribution < 1.29 is 195 Å². The van der Waals surface area contributed by atoms with E-state index < -0.39 is 107 Å². The summed E-state index contributed by atoms with van der Waals surface area (Å²) in [7, 11) is 21.5. The van der Waals surface area contributed by atoms with E-state index in [4.69, 9.17) is 9.47 Å². The van der Waals surface area contributed by atoms with Gasteiger partial charge < -0.3 is 86.6 Å². The summed E-state index contributed by atoms with van der Waals surface area (Å²) in [6.07, 6.45) is 2.04. The molecule has 4 unspecified atom stereocenters. The number of ether oxygens (including phenoxy) is 2. The van der Waals surface area contributed by atoms with Gasteiger partial charge in [0.05, 0.1) is 13.7 Å². The van der Waals surface area contributed by atoms with Crippen LogP contribution >= 0.6 is 0 Å². The Balaban J connectivity index is -0.000000423. The fraction of sp³-hybridized carbons (Fsp3) is 0.423. The zero-order valence-corrected chi connectivity index (χ0v) is 82.4. The van der Waals surface area contributed by atoms with Crippen LogP contribution in [-0.4, -0.2) is 215 Å². The Bertz CT molecular complexity index is 3960. The van der Waals surface area contributed by atoms with Crippen LogP contribution in [0.2, 0.25) is 0 Å². The van der Waals surface area contributed by atoms with Gasteiger partial charge in [0.2, 0.25) is 59.1 Å². The second-order valence-electron chi connectivity index (χ2n) is 24.4. The number of benzene rings is 5. The monoisotopic (exact) mass is 2480 g/mol. The van der Waals surface area contributed by atoms with Gasteiger partial charge >= 0.3 is 105 Å². The molecule has 117 heavy (non-hydrogen) atoms. The number of halogens is 2. The molecule has 0 radical (unpaired) electrons. The van der Waals surface area contributed by atoms with Crippen molar-refractivity contribution in [3.8, 4) is 11.5 Å². The van der Waals surface area contributed by atoms with Gasteiger partial charge in [-0.1, -0.05) is 32.4 Å². The van der Waals surface area contributed by atoms with Crippen LogP contribution in [0.1, 0.15) is 154 Å². The third-order valence-corrected chi connectivity index (χ3v) is 14.3. The summed E-state index contributed by atoms with van der Waals surface area (Å²) in [6.45, 7) is 7.96. The average Bonchev–Trinajstić information content (AvgIpc) is 0.846. The molecule has 0 spiro atoms. The number of carbonyl (C=O) groups is 15. The van der Waals surface area contributed by atoms with E-state index in [0.717, 1.165) is 16.5 Å². The maximum Gasteiger partial charge on any atom is 2.00 e. The van der Waals surface area contributed by atoms with Gasteiger partial charge in [-0.25, -0.2) is 8.78 Å². The number of aryl methyl sites for hydroxylation is 1. The molecule has 632 valence electrons. The Kier molecular flexibility index (Phi) is 66.0. The van der Waals surface area contributed by atoms with Crippen molar-refractivity contribution in [1.29, 1.82) is 0 Å².